The van der Waals surface area contributed by atoms with Crippen molar-refractivity contribution in [1.82, 2.24) is 9.97 Å². The van der Waals surface area contributed by atoms with Gasteiger partial charge in [-0.25, -0.2) is 4.98 Å². The number of anilines is 3. The average Bonchev–Trinajstić information content (AvgIpc) is 2.99. The van der Waals surface area contributed by atoms with Crippen molar-refractivity contribution in [2.24, 2.45) is 0 Å². The van der Waals surface area contributed by atoms with Crippen LogP contribution in [0.5, 0.6) is 0 Å². The molecule has 1 aliphatic heterocycles. The normalized spacial score (nSPS) is 18.0. The monoisotopic (exact) mass is 284 g/mol. The first-order chi connectivity index (χ1) is 10.3. The summed E-state index contributed by atoms with van der Waals surface area (Å²) in [7, 11) is 0. The highest BCUT2D eigenvalue weighted by Crippen LogP contribution is 2.25. The number of hydrogen-bond acceptors (Lipinski definition) is 5. The second-order valence-electron chi connectivity index (χ2n) is 5.36. The molecule has 5 heteroatoms. The molecule has 1 fully saturated rings. The standard InChI is InChI=1S/C16H20N4O/c1-12-10-17-16(20-9-5-8-14(20)11-21)19-15(12)18-13-6-3-2-4-7-13/h2-4,6-7,10,14,21H,5,8-9,11H2,1H3,(H,17,18,19). The molecule has 0 amide bonds. The van der Waals surface area contributed by atoms with Crippen LogP contribution in [0.2, 0.25) is 0 Å². The lowest BCUT2D eigenvalue weighted by Gasteiger charge is -2.23. The number of benzene rings is 1. The van der Waals surface area contributed by atoms with Crippen LogP contribution in [0.1, 0.15) is 18.4 Å². The van der Waals surface area contributed by atoms with Crippen molar-refractivity contribution in [2.45, 2.75) is 25.8 Å². The Kier molecular flexibility index (Phi) is 4.01. The minimum atomic E-state index is 0.136. The molecule has 110 valence electrons. The zero-order chi connectivity index (χ0) is 14.7. The zero-order valence-electron chi connectivity index (χ0n) is 12.2. The van der Waals surface area contributed by atoms with E-state index in [1.165, 1.54) is 0 Å². The number of aliphatic hydroxyl groups excluding tert-OH is 1. The van der Waals surface area contributed by atoms with E-state index in [1.54, 1.807) is 0 Å². The van der Waals surface area contributed by atoms with Crippen LogP contribution in [0.4, 0.5) is 17.5 Å². The second kappa shape index (κ2) is 6.10. The predicted molar refractivity (Wildman–Crippen MR) is 83.9 cm³/mol. The summed E-state index contributed by atoms with van der Waals surface area (Å²) < 4.78 is 0. The summed E-state index contributed by atoms with van der Waals surface area (Å²) in [4.78, 5) is 11.2. The number of para-hydroxylation sites is 1. The Balaban J connectivity index is 1.86. The summed E-state index contributed by atoms with van der Waals surface area (Å²) in [6, 6.07) is 10.1. The molecule has 1 aromatic carbocycles. The number of aromatic nitrogens is 2. The van der Waals surface area contributed by atoms with Crippen LogP contribution < -0.4 is 10.2 Å². The summed E-state index contributed by atoms with van der Waals surface area (Å²) in [6.45, 7) is 3.04. The van der Waals surface area contributed by atoms with Gasteiger partial charge in [0.25, 0.3) is 0 Å². The summed E-state index contributed by atoms with van der Waals surface area (Å²) >= 11 is 0. The maximum absolute atomic E-state index is 9.44. The molecule has 1 aromatic heterocycles. The fourth-order valence-electron chi connectivity index (χ4n) is 2.64. The van der Waals surface area contributed by atoms with E-state index in [-0.39, 0.29) is 12.6 Å². The van der Waals surface area contributed by atoms with Crippen molar-refractivity contribution in [3.63, 3.8) is 0 Å². The molecule has 1 aliphatic rings. The Morgan fingerprint density at radius 1 is 1.33 bits per heavy atom. The number of hydrogen-bond donors (Lipinski definition) is 2. The van der Waals surface area contributed by atoms with E-state index in [2.05, 4.69) is 20.2 Å². The number of nitrogens with zero attached hydrogens (tertiary/aromatic N) is 3. The third-order valence-electron chi connectivity index (χ3n) is 3.84. The second-order valence-corrected chi connectivity index (χ2v) is 5.36. The molecule has 2 heterocycles. The van der Waals surface area contributed by atoms with Crippen molar-refractivity contribution >= 4 is 17.5 Å². The van der Waals surface area contributed by atoms with Crippen molar-refractivity contribution in [2.75, 3.05) is 23.4 Å². The lowest BCUT2D eigenvalue weighted by molar-refractivity contribution is 0.265. The van der Waals surface area contributed by atoms with E-state index >= 15 is 0 Å². The number of nitrogens with one attached hydrogen (secondary N) is 1. The first-order valence-electron chi connectivity index (χ1n) is 7.31. The highest BCUT2D eigenvalue weighted by Gasteiger charge is 2.26. The van der Waals surface area contributed by atoms with Gasteiger partial charge in [-0.3, -0.25) is 0 Å². The third-order valence-corrected chi connectivity index (χ3v) is 3.84. The van der Waals surface area contributed by atoms with Gasteiger partial charge in [0.1, 0.15) is 5.82 Å². The molecule has 21 heavy (non-hydrogen) atoms. The first-order valence-corrected chi connectivity index (χ1v) is 7.31. The topological polar surface area (TPSA) is 61.3 Å². The highest BCUT2D eigenvalue weighted by atomic mass is 16.3. The van der Waals surface area contributed by atoms with Gasteiger partial charge in [-0.2, -0.15) is 4.98 Å². The molecule has 0 saturated carbocycles. The Hall–Kier alpha value is -2.14. The van der Waals surface area contributed by atoms with Gasteiger partial charge in [-0.15, -0.1) is 0 Å². The van der Waals surface area contributed by atoms with Crippen LogP contribution in [0.25, 0.3) is 0 Å². The molecule has 2 aromatic rings. The molecule has 1 atom stereocenters. The van der Waals surface area contributed by atoms with Gasteiger partial charge in [0, 0.05) is 24.0 Å². The average molecular weight is 284 g/mol. The van der Waals surface area contributed by atoms with E-state index < -0.39 is 0 Å². The third kappa shape index (κ3) is 2.97. The zero-order valence-corrected chi connectivity index (χ0v) is 12.2. The van der Waals surface area contributed by atoms with Gasteiger partial charge in [-0.1, -0.05) is 18.2 Å². The molecule has 5 nitrogen and oxygen atoms in total. The van der Waals surface area contributed by atoms with Gasteiger partial charge in [0.05, 0.1) is 12.6 Å². The number of rotatable bonds is 4. The molecular formula is C16H20N4O. The Bertz CT molecular complexity index is 602. The largest absolute Gasteiger partial charge is 0.394 e. The highest BCUT2D eigenvalue weighted by molar-refractivity contribution is 5.60. The lowest BCUT2D eigenvalue weighted by Crippen LogP contribution is -2.33. The van der Waals surface area contributed by atoms with Crippen LogP contribution in [0, 0.1) is 6.92 Å². The van der Waals surface area contributed by atoms with E-state index in [4.69, 9.17) is 0 Å². The summed E-state index contributed by atoms with van der Waals surface area (Å²) in [5, 5.41) is 12.8. The molecule has 1 saturated heterocycles. The van der Waals surface area contributed by atoms with Crippen molar-refractivity contribution in [1.29, 1.82) is 0 Å². The number of aryl methyl sites for hydroxylation is 1. The molecule has 3 rings (SSSR count). The molecule has 0 bridgehead atoms. The Morgan fingerprint density at radius 2 is 2.14 bits per heavy atom. The minimum Gasteiger partial charge on any atom is -0.394 e. The molecule has 0 aliphatic carbocycles. The molecule has 0 radical (unpaired) electrons. The molecule has 0 spiro atoms. The Morgan fingerprint density at radius 3 is 2.90 bits per heavy atom. The van der Waals surface area contributed by atoms with Gasteiger partial charge in [-0.05, 0) is 31.9 Å². The van der Waals surface area contributed by atoms with Crippen LogP contribution >= 0.6 is 0 Å². The molecule has 1 unspecified atom stereocenters. The first kappa shape index (κ1) is 13.8. The van der Waals surface area contributed by atoms with Gasteiger partial charge in [0.15, 0.2) is 0 Å². The van der Waals surface area contributed by atoms with E-state index in [0.717, 1.165) is 36.5 Å². The van der Waals surface area contributed by atoms with Crippen molar-refractivity contribution in [3.8, 4) is 0 Å². The van der Waals surface area contributed by atoms with E-state index in [0.29, 0.717) is 5.95 Å². The SMILES string of the molecule is Cc1cnc(N2CCCC2CO)nc1Nc1ccccc1. The summed E-state index contributed by atoms with van der Waals surface area (Å²) in [5.74, 6) is 1.50. The molecule has 2 N–H and O–H groups in total. The summed E-state index contributed by atoms with van der Waals surface area (Å²) in [6.07, 6.45) is 3.90. The van der Waals surface area contributed by atoms with Crippen molar-refractivity contribution < 1.29 is 5.11 Å². The quantitative estimate of drug-likeness (QED) is 0.903. The smallest absolute Gasteiger partial charge is 0.227 e. The van der Waals surface area contributed by atoms with Crippen LogP contribution in [-0.4, -0.2) is 34.3 Å². The lowest BCUT2D eigenvalue weighted by atomic mass is 10.2. The van der Waals surface area contributed by atoms with Crippen LogP contribution in [0.15, 0.2) is 36.5 Å². The van der Waals surface area contributed by atoms with Crippen molar-refractivity contribution in [3.05, 3.63) is 42.1 Å². The maximum Gasteiger partial charge on any atom is 0.227 e. The van der Waals surface area contributed by atoms with Gasteiger partial charge >= 0.3 is 0 Å². The molecular weight excluding hydrogens is 264 g/mol. The van der Waals surface area contributed by atoms with Gasteiger partial charge in [0.2, 0.25) is 5.95 Å². The fourth-order valence-corrected chi connectivity index (χ4v) is 2.64. The van der Waals surface area contributed by atoms with E-state index in [9.17, 15) is 5.11 Å². The Labute approximate surface area is 124 Å². The number of aliphatic hydroxyl groups is 1. The van der Waals surface area contributed by atoms with Crippen LogP contribution in [-0.2, 0) is 0 Å². The summed E-state index contributed by atoms with van der Waals surface area (Å²) in [5.41, 5.74) is 2.01. The maximum atomic E-state index is 9.44. The minimum absolute atomic E-state index is 0.136. The predicted octanol–water partition coefficient (Wildman–Crippen LogP) is 2.49. The van der Waals surface area contributed by atoms with Gasteiger partial charge < -0.3 is 15.3 Å². The fraction of sp³-hybridized carbons (Fsp3) is 0.375. The van der Waals surface area contributed by atoms with E-state index in [1.807, 2.05) is 43.5 Å². The van der Waals surface area contributed by atoms with Crippen LogP contribution in [0.3, 0.4) is 0 Å².